The van der Waals surface area contributed by atoms with Gasteiger partial charge >= 0.3 is 0 Å². The van der Waals surface area contributed by atoms with Crippen molar-refractivity contribution in [1.29, 1.82) is 0 Å². The van der Waals surface area contributed by atoms with Crippen molar-refractivity contribution < 1.29 is 9.32 Å². The van der Waals surface area contributed by atoms with Crippen LogP contribution >= 0.6 is 0 Å². The second-order valence-electron chi connectivity index (χ2n) is 11.3. The van der Waals surface area contributed by atoms with Gasteiger partial charge in [0.05, 0.1) is 0 Å². The zero-order chi connectivity index (χ0) is 25.4. The van der Waals surface area contributed by atoms with Crippen LogP contribution in [0.25, 0.3) is 0 Å². The molecule has 3 aromatic rings. The van der Waals surface area contributed by atoms with E-state index >= 15 is 0 Å². The Bertz CT molecular complexity index is 1280. The fourth-order valence-corrected chi connectivity index (χ4v) is 5.68. The number of amides is 1. The van der Waals surface area contributed by atoms with Crippen molar-refractivity contribution >= 4 is 11.6 Å². The average molecular weight is 492 g/mol. The van der Waals surface area contributed by atoms with Gasteiger partial charge in [-0.2, -0.15) is 5.16 Å². The third-order valence-corrected chi connectivity index (χ3v) is 7.54. The van der Waals surface area contributed by atoms with Gasteiger partial charge < -0.3 is 14.4 Å². The van der Waals surface area contributed by atoms with Gasteiger partial charge in [-0.15, -0.1) is 10.2 Å². The van der Waals surface area contributed by atoms with E-state index < -0.39 is 0 Å². The number of carbonyl (C=O) groups excluding carboxylic acids is 1. The lowest BCUT2D eigenvalue weighted by atomic mass is 9.71. The van der Waals surface area contributed by atoms with Gasteiger partial charge in [0.1, 0.15) is 17.4 Å². The van der Waals surface area contributed by atoms with E-state index in [1.165, 1.54) is 12.5 Å². The maximum absolute atomic E-state index is 13.2. The molecule has 5 rings (SSSR count). The van der Waals surface area contributed by atoms with E-state index in [1.54, 1.807) is 0 Å². The Morgan fingerprint density at radius 2 is 1.97 bits per heavy atom. The Kier molecular flexibility index (Phi) is 6.86. The van der Waals surface area contributed by atoms with Crippen LogP contribution in [0.2, 0.25) is 0 Å². The summed E-state index contributed by atoms with van der Waals surface area (Å²) < 4.78 is 7.69. The molecule has 0 spiro atoms. The minimum absolute atomic E-state index is 0.0858. The van der Waals surface area contributed by atoms with Crippen molar-refractivity contribution in [3.8, 4) is 0 Å². The topological polar surface area (TPSA) is 106 Å². The van der Waals surface area contributed by atoms with Crippen LogP contribution in [0.15, 0.2) is 33.6 Å². The second kappa shape index (κ2) is 10.1. The number of hydrogen-bond donors (Lipinski definition) is 2. The van der Waals surface area contributed by atoms with Crippen molar-refractivity contribution in [3.05, 3.63) is 63.2 Å². The van der Waals surface area contributed by atoms with Crippen molar-refractivity contribution in [2.75, 3.05) is 5.32 Å². The van der Waals surface area contributed by atoms with E-state index in [9.17, 15) is 9.59 Å². The Balaban J connectivity index is 1.39. The largest absolute Gasteiger partial charge is 0.384 e. The third kappa shape index (κ3) is 5.47. The van der Waals surface area contributed by atoms with Crippen molar-refractivity contribution in [3.63, 3.8) is 0 Å². The lowest BCUT2D eigenvalue weighted by Crippen LogP contribution is -2.27. The third-order valence-electron chi connectivity index (χ3n) is 7.54. The first kappa shape index (κ1) is 24.5. The molecule has 0 aliphatic heterocycles. The molecule has 192 valence electrons. The molecule has 2 heterocycles. The number of carbonyl (C=O) groups is 1. The van der Waals surface area contributed by atoms with E-state index in [4.69, 9.17) is 4.52 Å². The van der Waals surface area contributed by atoms with E-state index in [0.29, 0.717) is 30.1 Å². The molecule has 8 nitrogen and oxygen atoms in total. The summed E-state index contributed by atoms with van der Waals surface area (Å²) in [6.45, 7) is 8.60. The predicted molar refractivity (Wildman–Crippen MR) is 138 cm³/mol. The highest BCUT2D eigenvalue weighted by atomic mass is 16.5. The number of aryl methyl sites for hydroxylation is 2. The van der Waals surface area contributed by atoms with Crippen LogP contribution in [-0.4, -0.2) is 25.8 Å². The average Bonchev–Trinajstić information content (AvgIpc) is 3.40. The monoisotopic (exact) mass is 491 g/mol. The number of nitrogens with zero attached hydrogens (tertiary/aromatic N) is 3. The molecule has 0 radical (unpaired) electrons. The molecule has 2 aliphatic rings. The summed E-state index contributed by atoms with van der Waals surface area (Å²) in [7, 11) is 0. The lowest BCUT2D eigenvalue weighted by molar-refractivity contribution is -0.116. The highest BCUT2D eigenvalue weighted by Crippen LogP contribution is 2.48. The van der Waals surface area contributed by atoms with Crippen LogP contribution in [0, 0.1) is 25.7 Å². The summed E-state index contributed by atoms with van der Waals surface area (Å²) >= 11 is 0. The molecule has 0 saturated heterocycles. The maximum atomic E-state index is 13.2. The smallest absolute Gasteiger partial charge is 0.280 e. The number of nitrogens with one attached hydrogen (secondary N) is 2. The number of aromatic nitrogens is 4. The molecule has 0 bridgehead atoms. The molecule has 2 aliphatic carbocycles. The van der Waals surface area contributed by atoms with Crippen LogP contribution in [-0.2, 0) is 11.2 Å². The normalized spacial score (nSPS) is 20.4. The molecule has 1 atom stereocenters. The van der Waals surface area contributed by atoms with E-state index in [2.05, 4.69) is 45.2 Å². The summed E-state index contributed by atoms with van der Waals surface area (Å²) in [4.78, 5) is 24.9. The SMILES string of the molecule is Cc1ccc(NC(=O)CC(Cc2cc(=O)[nH]o2)c2nnc(C3CC(CC(C)C)C3)n2C2CC2)c(C)c1. The summed E-state index contributed by atoms with van der Waals surface area (Å²) in [6, 6.07) is 7.85. The van der Waals surface area contributed by atoms with Gasteiger partial charge in [-0.05, 0) is 69.4 Å². The summed E-state index contributed by atoms with van der Waals surface area (Å²) in [5.74, 6) is 4.00. The molecule has 36 heavy (non-hydrogen) atoms. The van der Waals surface area contributed by atoms with Gasteiger partial charge in [-0.25, -0.2) is 0 Å². The van der Waals surface area contributed by atoms with Crippen LogP contribution in [0.5, 0.6) is 0 Å². The minimum atomic E-state index is -0.279. The van der Waals surface area contributed by atoms with Gasteiger partial charge in [0, 0.05) is 42.5 Å². The van der Waals surface area contributed by atoms with Crippen molar-refractivity contribution in [2.24, 2.45) is 11.8 Å². The minimum Gasteiger partial charge on any atom is -0.384 e. The predicted octanol–water partition coefficient (Wildman–Crippen LogP) is 5.41. The number of H-pyrrole nitrogens is 1. The summed E-state index contributed by atoms with van der Waals surface area (Å²) in [5, 5.41) is 14.8. The van der Waals surface area contributed by atoms with Crippen LogP contribution in [0.1, 0.15) is 98.8 Å². The molecule has 2 fully saturated rings. The number of aromatic amines is 1. The number of rotatable bonds is 10. The highest BCUT2D eigenvalue weighted by Gasteiger charge is 2.39. The first-order valence-electron chi connectivity index (χ1n) is 13.3. The molecule has 1 amide bonds. The fourth-order valence-electron chi connectivity index (χ4n) is 5.68. The van der Waals surface area contributed by atoms with Gasteiger partial charge in [-0.1, -0.05) is 31.5 Å². The van der Waals surface area contributed by atoms with Gasteiger partial charge in [0.25, 0.3) is 5.56 Å². The number of benzene rings is 1. The Morgan fingerprint density at radius 3 is 2.61 bits per heavy atom. The van der Waals surface area contributed by atoms with E-state index in [0.717, 1.165) is 60.1 Å². The Labute approximate surface area is 211 Å². The van der Waals surface area contributed by atoms with E-state index in [1.807, 2.05) is 26.0 Å². The summed E-state index contributed by atoms with van der Waals surface area (Å²) in [5.41, 5.74) is 2.72. The Hall–Kier alpha value is -3.16. The van der Waals surface area contributed by atoms with Gasteiger partial charge in [0.15, 0.2) is 0 Å². The first-order valence-corrected chi connectivity index (χ1v) is 13.3. The van der Waals surface area contributed by atoms with E-state index in [-0.39, 0.29) is 23.8 Å². The standard InChI is InChI=1S/C28H37N5O3/c1-16(2)9-19-11-20(12-19)27-30-31-28(33(27)22-6-7-22)21(13-23-15-26(35)32-36-23)14-25(34)29-24-8-5-17(3)10-18(24)4/h5,8,10,15-16,19-22H,6-7,9,11-14H2,1-4H3,(H,29,34)(H,32,35). The van der Waals surface area contributed by atoms with Crippen LogP contribution in [0.3, 0.4) is 0 Å². The first-order chi connectivity index (χ1) is 17.3. The molecular weight excluding hydrogens is 454 g/mol. The Morgan fingerprint density at radius 1 is 1.19 bits per heavy atom. The van der Waals surface area contributed by atoms with Crippen LogP contribution < -0.4 is 10.9 Å². The molecule has 2 aromatic heterocycles. The van der Waals surface area contributed by atoms with Crippen molar-refractivity contribution in [2.45, 2.75) is 90.5 Å². The zero-order valence-electron chi connectivity index (χ0n) is 21.7. The molecule has 8 heteroatoms. The molecule has 1 aromatic carbocycles. The molecule has 1 unspecified atom stereocenters. The quantitative estimate of drug-likeness (QED) is 0.395. The van der Waals surface area contributed by atoms with Gasteiger partial charge in [-0.3, -0.25) is 9.59 Å². The highest BCUT2D eigenvalue weighted by molar-refractivity contribution is 5.92. The fraction of sp³-hybridized carbons (Fsp3) is 0.571. The zero-order valence-corrected chi connectivity index (χ0v) is 21.7. The summed E-state index contributed by atoms with van der Waals surface area (Å²) in [6.07, 6.45) is 6.44. The van der Waals surface area contributed by atoms with Gasteiger partial charge in [0.2, 0.25) is 5.91 Å². The second-order valence-corrected chi connectivity index (χ2v) is 11.3. The number of anilines is 1. The number of hydrogen-bond acceptors (Lipinski definition) is 5. The maximum Gasteiger partial charge on any atom is 0.280 e. The van der Waals surface area contributed by atoms with Crippen LogP contribution in [0.4, 0.5) is 5.69 Å². The lowest BCUT2D eigenvalue weighted by Gasteiger charge is -2.36. The molecule has 2 N–H and O–H groups in total. The van der Waals surface area contributed by atoms with Crippen molar-refractivity contribution in [1.82, 2.24) is 19.9 Å². The molecule has 2 saturated carbocycles. The molecular formula is C28H37N5O3.